The lowest BCUT2D eigenvalue weighted by molar-refractivity contribution is 0.477. The van der Waals surface area contributed by atoms with E-state index < -0.39 is 10.0 Å². The molecule has 1 aromatic carbocycles. The molecule has 0 radical (unpaired) electrons. The molecule has 23 heavy (non-hydrogen) atoms. The Labute approximate surface area is 155 Å². The Bertz CT molecular complexity index is 655. The lowest BCUT2D eigenvalue weighted by Gasteiger charge is -2.17. The number of nitrogens with one attached hydrogen (secondary N) is 1. The van der Waals surface area contributed by atoms with Crippen LogP contribution in [0.4, 0.5) is 0 Å². The van der Waals surface area contributed by atoms with Gasteiger partial charge in [-0.25, -0.2) is 8.42 Å². The van der Waals surface area contributed by atoms with Gasteiger partial charge in [-0.3, -0.25) is 4.99 Å². The molecule has 0 saturated carbocycles. The Balaban J connectivity index is 0.00000192. The van der Waals surface area contributed by atoms with Crippen molar-refractivity contribution in [2.24, 2.45) is 4.99 Å². The number of aliphatic imine (C=N–C) groups is 1. The first kappa shape index (κ1) is 18.5. The van der Waals surface area contributed by atoms with Gasteiger partial charge in [-0.15, -0.1) is 24.0 Å². The van der Waals surface area contributed by atoms with Crippen molar-refractivity contribution in [2.45, 2.75) is 24.3 Å². The van der Waals surface area contributed by atoms with Crippen LogP contribution < -0.4 is 5.32 Å². The maximum absolute atomic E-state index is 12.4. The topological polar surface area (TPSA) is 65.0 Å². The van der Waals surface area contributed by atoms with Gasteiger partial charge in [0.15, 0.2) is 5.96 Å². The van der Waals surface area contributed by atoms with Crippen LogP contribution in [-0.2, 0) is 16.6 Å². The highest BCUT2D eigenvalue weighted by Gasteiger charge is 2.26. The molecule has 1 N–H and O–H groups in total. The number of guanidine groups is 1. The summed E-state index contributed by atoms with van der Waals surface area (Å²) in [5.74, 6) is 0.897. The van der Waals surface area contributed by atoms with Gasteiger partial charge < -0.3 is 10.2 Å². The Kier molecular flexibility index (Phi) is 6.26. The molecule has 6 nitrogen and oxygen atoms in total. The zero-order chi connectivity index (χ0) is 15.6. The molecule has 1 saturated heterocycles. The van der Waals surface area contributed by atoms with E-state index in [2.05, 4.69) is 15.2 Å². The van der Waals surface area contributed by atoms with Gasteiger partial charge in [0.25, 0.3) is 0 Å². The normalized spacial score (nSPS) is 18.7. The van der Waals surface area contributed by atoms with Gasteiger partial charge in [0.1, 0.15) is 0 Å². The largest absolute Gasteiger partial charge is 0.352 e. The van der Waals surface area contributed by atoms with Crippen LogP contribution in [0.3, 0.4) is 0 Å². The molecule has 3 rings (SSSR count). The van der Waals surface area contributed by atoms with Crippen LogP contribution in [0.25, 0.3) is 0 Å². The molecule has 8 heteroatoms. The van der Waals surface area contributed by atoms with Crippen LogP contribution in [0.5, 0.6) is 0 Å². The highest BCUT2D eigenvalue weighted by molar-refractivity contribution is 14.0. The van der Waals surface area contributed by atoms with Crippen molar-refractivity contribution in [1.82, 2.24) is 14.5 Å². The number of benzene rings is 1. The molecule has 0 bridgehead atoms. The fourth-order valence-corrected chi connectivity index (χ4v) is 4.28. The fraction of sp³-hybridized carbons (Fsp3) is 0.533. The van der Waals surface area contributed by atoms with E-state index in [4.69, 9.17) is 0 Å². The number of hydrogen-bond acceptors (Lipinski definition) is 5. The molecule has 2 aliphatic heterocycles. The SMILES string of the molecule is CN1CCN=C1NCc1ccc(S(=O)(=O)N2CCCC2)cc1.I. The maximum atomic E-state index is 12.4. The third-order valence-electron chi connectivity index (χ3n) is 4.14. The number of halogens is 1. The van der Waals surface area contributed by atoms with Crippen molar-refractivity contribution in [1.29, 1.82) is 0 Å². The van der Waals surface area contributed by atoms with Crippen molar-refractivity contribution < 1.29 is 8.42 Å². The second kappa shape index (κ2) is 7.80. The van der Waals surface area contributed by atoms with Crippen molar-refractivity contribution in [2.75, 3.05) is 33.2 Å². The minimum Gasteiger partial charge on any atom is -0.352 e. The van der Waals surface area contributed by atoms with Crippen molar-refractivity contribution in [3.63, 3.8) is 0 Å². The van der Waals surface area contributed by atoms with E-state index in [1.54, 1.807) is 16.4 Å². The maximum Gasteiger partial charge on any atom is 0.243 e. The molecular formula is C15H23IN4O2S. The summed E-state index contributed by atoms with van der Waals surface area (Å²) in [6.45, 7) is 3.68. The second-order valence-electron chi connectivity index (χ2n) is 5.74. The van der Waals surface area contributed by atoms with E-state index in [-0.39, 0.29) is 24.0 Å². The quantitative estimate of drug-likeness (QED) is 0.707. The number of rotatable bonds is 4. The van der Waals surface area contributed by atoms with Gasteiger partial charge in [0, 0.05) is 33.2 Å². The van der Waals surface area contributed by atoms with Crippen molar-refractivity contribution in [3.8, 4) is 0 Å². The Morgan fingerprint density at radius 2 is 1.78 bits per heavy atom. The van der Waals surface area contributed by atoms with E-state index in [1.165, 1.54) is 0 Å². The molecule has 2 aliphatic rings. The first-order valence-corrected chi connectivity index (χ1v) is 9.10. The first-order valence-electron chi connectivity index (χ1n) is 7.66. The van der Waals surface area contributed by atoms with Crippen LogP contribution in [0, 0.1) is 0 Å². The summed E-state index contributed by atoms with van der Waals surface area (Å²) in [4.78, 5) is 6.83. The number of nitrogens with zero attached hydrogens (tertiary/aromatic N) is 3. The summed E-state index contributed by atoms with van der Waals surface area (Å²) in [7, 11) is -1.31. The van der Waals surface area contributed by atoms with Gasteiger partial charge in [-0.1, -0.05) is 12.1 Å². The van der Waals surface area contributed by atoms with Crippen molar-refractivity contribution >= 4 is 40.0 Å². The summed E-state index contributed by atoms with van der Waals surface area (Å²) in [5.41, 5.74) is 1.04. The molecule has 2 heterocycles. The van der Waals surface area contributed by atoms with Gasteiger partial charge in [-0.05, 0) is 30.5 Å². The predicted octanol–water partition coefficient (Wildman–Crippen LogP) is 1.48. The molecule has 0 amide bonds. The third kappa shape index (κ3) is 4.16. The number of hydrogen-bond donors (Lipinski definition) is 1. The molecule has 0 aromatic heterocycles. The van der Waals surface area contributed by atoms with E-state index >= 15 is 0 Å². The fourth-order valence-electron chi connectivity index (χ4n) is 2.76. The average molecular weight is 450 g/mol. The summed E-state index contributed by atoms with van der Waals surface area (Å²) in [6.07, 6.45) is 1.91. The van der Waals surface area contributed by atoms with Crippen LogP contribution in [0.1, 0.15) is 18.4 Å². The summed E-state index contributed by atoms with van der Waals surface area (Å²) in [5, 5.41) is 3.28. The van der Waals surface area contributed by atoms with E-state index in [0.717, 1.165) is 37.5 Å². The molecule has 0 unspecified atom stereocenters. The summed E-state index contributed by atoms with van der Waals surface area (Å²) < 4.78 is 26.5. The number of likely N-dealkylation sites (N-methyl/N-ethyl adjacent to an activating group) is 1. The highest BCUT2D eigenvalue weighted by Crippen LogP contribution is 2.21. The number of sulfonamides is 1. The third-order valence-corrected chi connectivity index (χ3v) is 6.05. The standard InChI is InChI=1S/C15H22N4O2S.HI/c1-18-11-8-16-15(18)17-12-13-4-6-14(7-5-13)22(20,21)19-9-2-3-10-19;/h4-7H,2-3,8-12H2,1H3,(H,16,17);1H. The second-order valence-corrected chi connectivity index (χ2v) is 7.67. The predicted molar refractivity (Wildman–Crippen MR) is 102 cm³/mol. The molecule has 0 spiro atoms. The Hall–Kier alpha value is -0.870. The van der Waals surface area contributed by atoms with Crippen LogP contribution in [0.2, 0.25) is 0 Å². The van der Waals surface area contributed by atoms with Gasteiger partial charge in [0.05, 0.1) is 11.4 Å². The van der Waals surface area contributed by atoms with Crippen LogP contribution in [-0.4, -0.2) is 56.8 Å². The monoisotopic (exact) mass is 450 g/mol. The molecule has 0 aliphatic carbocycles. The summed E-state index contributed by atoms with van der Waals surface area (Å²) >= 11 is 0. The lowest BCUT2D eigenvalue weighted by atomic mass is 10.2. The highest BCUT2D eigenvalue weighted by atomic mass is 127. The Morgan fingerprint density at radius 1 is 1.13 bits per heavy atom. The zero-order valence-electron chi connectivity index (χ0n) is 13.2. The minimum absolute atomic E-state index is 0. The Morgan fingerprint density at radius 3 is 2.35 bits per heavy atom. The smallest absolute Gasteiger partial charge is 0.243 e. The van der Waals surface area contributed by atoms with Gasteiger partial charge in [-0.2, -0.15) is 4.31 Å². The average Bonchev–Trinajstić information content (AvgIpc) is 3.17. The van der Waals surface area contributed by atoms with Crippen LogP contribution in [0.15, 0.2) is 34.2 Å². The van der Waals surface area contributed by atoms with Crippen molar-refractivity contribution in [3.05, 3.63) is 29.8 Å². The van der Waals surface area contributed by atoms with E-state index in [1.807, 2.05) is 19.2 Å². The first-order chi connectivity index (χ1) is 10.6. The molecule has 1 fully saturated rings. The summed E-state index contributed by atoms with van der Waals surface area (Å²) in [6, 6.07) is 7.13. The molecule has 1 aromatic rings. The molecule has 128 valence electrons. The van der Waals surface area contributed by atoms with Gasteiger partial charge >= 0.3 is 0 Å². The van der Waals surface area contributed by atoms with E-state index in [0.29, 0.717) is 24.5 Å². The van der Waals surface area contributed by atoms with E-state index in [9.17, 15) is 8.42 Å². The zero-order valence-corrected chi connectivity index (χ0v) is 16.4. The molecular weight excluding hydrogens is 427 g/mol. The van der Waals surface area contributed by atoms with Gasteiger partial charge in [0.2, 0.25) is 10.0 Å². The molecule has 0 atom stereocenters. The lowest BCUT2D eigenvalue weighted by Crippen LogP contribution is -2.35. The minimum atomic E-state index is -3.31. The van der Waals surface area contributed by atoms with Crippen LogP contribution >= 0.6 is 24.0 Å².